The van der Waals surface area contributed by atoms with E-state index in [1.807, 2.05) is 20.8 Å². The number of benzene rings is 1. The van der Waals surface area contributed by atoms with E-state index in [0.717, 1.165) is 6.07 Å². The summed E-state index contributed by atoms with van der Waals surface area (Å²) in [4.78, 5) is 12.0. The monoisotopic (exact) mass is 296 g/mol. The Kier molecular flexibility index (Phi) is 3.81. The highest BCUT2D eigenvalue weighted by Gasteiger charge is 2.21. The SMILES string of the molecule is CC(C)(C)c1cc(NC(=O)c2ccc(F)cc2Cl)no1. The molecule has 1 heterocycles. The van der Waals surface area contributed by atoms with E-state index in [-0.39, 0.29) is 16.0 Å². The van der Waals surface area contributed by atoms with Crippen LogP contribution in [0.5, 0.6) is 0 Å². The van der Waals surface area contributed by atoms with Crippen LogP contribution in [0.4, 0.5) is 10.2 Å². The van der Waals surface area contributed by atoms with Gasteiger partial charge in [-0.05, 0) is 18.2 Å². The van der Waals surface area contributed by atoms with Crippen molar-refractivity contribution >= 4 is 23.3 Å². The van der Waals surface area contributed by atoms with Gasteiger partial charge in [-0.2, -0.15) is 0 Å². The third kappa shape index (κ3) is 3.17. The van der Waals surface area contributed by atoms with E-state index in [2.05, 4.69) is 10.5 Å². The highest BCUT2D eigenvalue weighted by atomic mass is 35.5. The quantitative estimate of drug-likeness (QED) is 0.910. The Balaban J connectivity index is 2.17. The maximum absolute atomic E-state index is 12.9. The van der Waals surface area contributed by atoms with Crippen molar-refractivity contribution in [3.63, 3.8) is 0 Å². The van der Waals surface area contributed by atoms with E-state index in [1.54, 1.807) is 6.07 Å². The fourth-order valence-electron chi connectivity index (χ4n) is 1.54. The molecule has 2 rings (SSSR count). The lowest BCUT2D eigenvalue weighted by atomic mass is 9.93. The first-order valence-corrected chi connectivity index (χ1v) is 6.39. The molecule has 0 saturated heterocycles. The van der Waals surface area contributed by atoms with Gasteiger partial charge in [0.1, 0.15) is 11.6 Å². The highest BCUT2D eigenvalue weighted by molar-refractivity contribution is 6.34. The van der Waals surface area contributed by atoms with Gasteiger partial charge >= 0.3 is 0 Å². The minimum absolute atomic E-state index is 0.0436. The summed E-state index contributed by atoms with van der Waals surface area (Å²) >= 11 is 5.82. The van der Waals surface area contributed by atoms with E-state index in [4.69, 9.17) is 16.1 Å². The van der Waals surface area contributed by atoms with Gasteiger partial charge in [-0.25, -0.2) is 4.39 Å². The first-order valence-electron chi connectivity index (χ1n) is 6.01. The van der Waals surface area contributed by atoms with Gasteiger partial charge in [0.05, 0.1) is 10.6 Å². The first-order chi connectivity index (χ1) is 9.27. The van der Waals surface area contributed by atoms with Crippen molar-refractivity contribution in [1.82, 2.24) is 5.16 Å². The molecule has 1 N–H and O–H groups in total. The van der Waals surface area contributed by atoms with Crippen molar-refractivity contribution in [2.45, 2.75) is 26.2 Å². The van der Waals surface area contributed by atoms with Crippen LogP contribution < -0.4 is 5.32 Å². The van der Waals surface area contributed by atoms with E-state index in [0.29, 0.717) is 11.6 Å². The third-order valence-corrected chi connectivity index (χ3v) is 2.98. The lowest BCUT2D eigenvalue weighted by Gasteiger charge is -2.12. The van der Waals surface area contributed by atoms with Gasteiger partial charge < -0.3 is 9.84 Å². The van der Waals surface area contributed by atoms with Gasteiger partial charge in [0.2, 0.25) is 0 Å². The summed E-state index contributed by atoms with van der Waals surface area (Å²) in [5.41, 5.74) is -0.0304. The predicted molar refractivity (Wildman–Crippen MR) is 74.6 cm³/mol. The Bertz CT molecular complexity index is 647. The zero-order valence-electron chi connectivity index (χ0n) is 11.3. The number of hydrogen-bond donors (Lipinski definition) is 1. The van der Waals surface area contributed by atoms with Crippen LogP contribution in [0.1, 0.15) is 36.9 Å². The number of nitrogens with one attached hydrogen (secondary N) is 1. The maximum Gasteiger partial charge on any atom is 0.258 e. The molecule has 0 aliphatic heterocycles. The number of anilines is 1. The smallest absolute Gasteiger partial charge is 0.258 e. The molecule has 2 aromatic rings. The Labute approximate surface area is 120 Å². The van der Waals surface area contributed by atoms with Crippen molar-refractivity contribution in [2.24, 2.45) is 0 Å². The molecule has 6 heteroatoms. The topological polar surface area (TPSA) is 55.1 Å². The van der Waals surface area contributed by atoms with Crippen LogP contribution in [0.2, 0.25) is 5.02 Å². The van der Waals surface area contributed by atoms with Crippen molar-refractivity contribution in [2.75, 3.05) is 5.32 Å². The molecule has 0 fully saturated rings. The molecule has 0 radical (unpaired) electrons. The van der Waals surface area contributed by atoms with Crippen LogP contribution in [-0.4, -0.2) is 11.1 Å². The Morgan fingerprint density at radius 1 is 1.35 bits per heavy atom. The largest absolute Gasteiger partial charge is 0.359 e. The summed E-state index contributed by atoms with van der Waals surface area (Å²) in [5, 5.41) is 6.38. The molecule has 106 valence electrons. The normalized spacial score (nSPS) is 11.4. The zero-order chi connectivity index (χ0) is 14.9. The van der Waals surface area contributed by atoms with Crippen LogP contribution in [0.25, 0.3) is 0 Å². The Hall–Kier alpha value is -1.88. The highest BCUT2D eigenvalue weighted by Crippen LogP contribution is 2.25. The summed E-state index contributed by atoms with van der Waals surface area (Å²) in [6.45, 7) is 5.90. The molecule has 0 aliphatic rings. The van der Waals surface area contributed by atoms with Crippen molar-refractivity contribution in [3.05, 3.63) is 46.4 Å². The summed E-state index contributed by atoms with van der Waals surface area (Å²) in [5.74, 6) is -0.0231. The standard InChI is InChI=1S/C14H14ClFN2O2/c1-14(2,3)11-7-12(18-20-11)17-13(19)9-5-4-8(16)6-10(9)15/h4-7H,1-3H3,(H,17,18,19). The molecule has 20 heavy (non-hydrogen) atoms. The summed E-state index contributed by atoms with van der Waals surface area (Å²) in [6.07, 6.45) is 0. The number of halogens is 2. The molecular formula is C14H14ClFN2O2. The number of carbonyl (C=O) groups excluding carboxylic acids is 1. The fourth-order valence-corrected chi connectivity index (χ4v) is 1.80. The molecular weight excluding hydrogens is 283 g/mol. The molecule has 0 atom stereocenters. The second-order valence-corrected chi connectivity index (χ2v) is 5.81. The van der Waals surface area contributed by atoms with Crippen LogP contribution in [0.3, 0.4) is 0 Å². The molecule has 0 unspecified atom stereocenters. The van der Waals surface area contributed by atoms with Gasteiger partial charge in [-0.1, -0.05) is 37.5 Å². The molecule has 4 nitrogen and oxygen atoms in total. The van der Waals surface area contributed by atoms with Gasteiger partial charge in [0, 0.05) is 11.5 Å². The number of hydrogen-bond acceptors (Lipinski definition) is 3. The second-order valence-electron chi connectivity index (χ2n) is 5.40. The number of aromatic nitrogens is 1. The minimum Gasteiger partial charge on any atom is -0.359 e. The van der Waals surface area contributed by atoms with E-state index in [9.17, 15) is 9.18 Å². The molecule has 1 aromatic heterocycles. The summed E-state index contributed by atoms with van der Waals surface area (Å²) in [6, 6.07) is 5.22. The molecule has 1 amide bonds. The number of carbonyl (C=O) groups is 1. The first kappa shape index (κ1) is 14.5. The molecule has 0 bridgehead atoms. The second kappa shape index (κ2) is 5.25. The average molecular weight is 297 g/mol. The Morgan fingerprint density at radius 2 is 2.05 bits per heavy atom. The Morgan fingerprint density at radius 3 is 2.60 bits per heavy atom. The third-order valence-electron chi connectivity index (χ3n) is 2.67. The van der Waals surface area contributed by atoms with Crippen LogP contribution in [0.15, 0.2) is 28.8 Å². The average Bonchev–Trinajstić information content (AvgIpc) is 2.76. The molecule has 1 aromatic carbocycles. The molecule has 0 spiro atoms. The van der Waals surface area contributed by atoms with Gasteiger partial charge in [0.25, 0.3) is 5.91 Å². The van der Waals surface area contributed by atoms with Crippen molar-refractivity contribution in [1.29, 1.82) is 0 Å². The molecule has 0 aliphatic carbocycles. The van der Waals surface area contributed by atoms with E-state index < -0.39 is 11.7 Å². The van der Waals surface area contributed by atoms with Crippen molar-refractivity contribution in [3.8, 4) is 0 Å². The summed E-state index contributed by atoms with van der Waals surface area (Å²) in [7, 11) is 0. The predicted octanol–water partition coefficient (Wildman–Crippen LogP) is 4.02. The summed E-state index contributed by atoms with van der Waals surface area (Å²) < 4.78 is 18.1. The molecule has 0 saturated carbocycles. The number of rotatable bonds is 2. The van der Waals surface area contributed by atoms with Gasteiger partial charge in [0.15, 0.2) is 5.82 Å². The fraction of sp³-hybridized carbons (Fsp3) is 0.286. The van der Waals surface area contributed by atoms with E-state index in [1.165, 1.54) is 12.1 Å². The number of nitrogens with zero attached hydrogens (tertiary/aromatic N) is 1. The zero-order valence-corrected chi connectivity index (χ0v) is 12.1. The van der Waals surface area contributed by atoms with Crippen molar-refractivity contribution < 1.29 is 13.7 Å². The van der Waals surface area contributed by atoms with E-state index >= 15 is 0 Å². The van der Waals surface area contributed by atoms with Crippen LogP contribution >= 0.6 is 11.6 Å². The van der Waals surface area contributed by atoms with Gasteiger partial charge in [-0.3, -0.25) is 4.79 Å². The lowest BCUT2D eigenvalue weighted by molar-refractivity contribution is 0.102. The number of amides is 1. The van der Waals surface area contributed by atoms with Crippen LogP contribution in [-0.2, 0) is 5.41 Å². The minimum atomic E-state index is -0.497. The lowest BCUT2D eigenvalue weighted by Crippen LogP contribution is -2.13. The maximum atomic E-state index is 12.9. The van der Waals surface area contributed by atoms with Gasteiger partial charge in [-0.15, -0.1) is 0 Å². The van der Waals surface area contributed by atoms with Crippen LogP contribution in [0, 0.1) is 5.82 Å².